The van der Waals surface area contributed by atoms with Crippen molar-refractivity contribution in [3.05, 3.63) is 58.7 Å². The lowest BCUT2D eigenvalue weighted by molar-refractivity contribution is 0.0792. The molecule has 1 aliphatic heterocycles. The van der Waals surface area contributed by atoms with Crippen LogP contribution in [-0.2, 0) is 16.4 Å². The molecule has 0 aromatic heterocycles. The Labute approximate surface area is 161 Å². The summed E-state index contributed by atoms with van der Waals surface area (Å²) in [6.45, 7) is 7.18. The Morgan fingerprint density at radius 1 is 1.07 bits per heavy atom. The van der Waals surface area contributed by atoms with E-state index < -0.39 is 10.0 Å². The summed E-state index contributed by atoms with van der Waals surface area (Å²) in [6.07, 6.45) is 2.72. The molecule has 3 rings (SSSR count). The third kappa shape index (κ3) is 4.00. The lowest BCUT2D eigenvalue weighted by atomic mass is 10.1. The van der Waals surface area contributed by atoms with Crippen molar-refractivity contribution >= 4 is 21.6 Å². The van der Waals surface area contributed by atoms with Crippen LogP contribution in [0.5, 0.6) is 0 Å². The number of likely N-dealkylation sites (tertiary alicyclic amines) is 1. The molecule has 0 unspecified atom stereocenters. The highest BCUT2D eigenvalue weighted by atomic mass is 32.2. The zero-order valence-corrected chi connectivity index (χ0v) is 16.9. The number of sulfonamides is 1. The van der Waals surface area contributed by atoms with Crippen LogP contribution in [0.4, 0.5) is 5.69 Å². The summed E-state index contributed by atoms with van der Waals surface area (Å²) in [5.74, 6) is -0.0906. The van der Waals surface area contributed by atoms with Gasteiger partial charge in [-0.3, -0.25) is 9.52 Å². The number of benzene rings is 2. The quantitative estimate of drug-likeness (QED) is 0.847. The van der Waals surface area contributed by atoms with Gasteiger partial charge in [0.1, 0.15) is 0 Å². The Balaban J connectivity index is 1.96. The van der Waals surface area contributed by atoms with Crippen LogP contribution >= 0.6 is 0 Å². The molecule has 27 heavy (non-hydrogen) atoms. The number of aryl methyl sites for hydroxylation is 3. The molecule has 2 aromatic rings. The summed E-state index contributed by atoms with van der Waals surface area (Å²) in [7, 11) is -3.79. The Bertz CT molecular complexity index is 961. The Morgan fingerprint density at radius 3 is 2.44 bits per heavy atom. The van der Waals surface area contributed by atoms with Gasteiger partial charge in [-0.1, -0.05) is 31.2 Å². The number of anilines is 1. The van der Waals surface area contributed by atoms with Crippen LogP contribution in [0.15, 0.2) is 41.3 Å². The Morgan fingerprint density at radius 2 is 1.78 bits per heavy atom. The van der Waals surface area contributed by atoms with Crippen molar-refractivity contribution in [3.8, 4) is 0 Å². The molecule has 6 heteroatoms. The normalized spacial score (nSPS) is 14.4. The second kappa shape index (κ2) is 7.72. The van der Waals surface area contributed by atoms with Crippen molar-refractivity contribution < 1.29 is 13.2 Å². The highest BCUT2D eigenvalue weighted by Gasteiger charge is 2.24. The first-order valence-corrected chi connectivity index (χ1v) is 10.8. The van der Waals surface area contributed by atoms with E-state index >= 15 is 0 Å². The fourth-order valence-corrected chi connectivity index (χ4v) is 4.65. The number of carbonyl (C=O) groups excluding carboxylic acids is 1. The molecule has 1 N–H and O–H groups in total. The molecule has 0 radical (unpaired) electrons. The molecule has 0 aliphatic carbocycles. The van der Waals surface area contributed by atoms with Crippen LogP contribution in [0.1, 0.15) is 46.8 Å². The summed E-state index contributed by atoms with van der Waals surface area (Å²) in [5, 5.41) is 0. The number of hydrogen-bond donors (Lipinski definition) is 1. The summed E-state index contributed by atoms with van der Waals surface area (Å²) in [6, 6.07) is 10.5. The second-order valence-corrected chi connectivity index (χ2v) is 8.73. The number of para-hydroxylation sites is 1. The average Bonchev–Trinajstić information content (AvgIpc) is 3.17. The largest absolute Gasteiger partial charge is 0.339 e. The molecule has 0 saturated carbocycles. The van der Waals surface area contributed by atoms with Crippen LogP contribution in [0.3, 0.4) is 0 Å². The number of rotatable bonds is 5. The fraction of sp³-hybridized carbons (Fsp3) is 0.381. The molecule has 1 aliphatic rings. The first kappa shape index (κ1) is 19.4. The minimum atomic E-state index is -3.79. The number of nitrogens with zero attached hydrogens (tertiary/aromatic N) is 1. The SMILES string of the molecule is CCc1cccc(C)c1NS(=O)(=O)c1ccc(C)c(C(=O)N2CCCC2)c1. The van der Waals surface area contributed by atoms with E-state index in [-0.39, 0.29) is 10.8 Å². The number of nitrogens with one attached hydrogen (secondary N) is 1. The molecule has 1 amide bonds. The van der Waals surface area contributed by atoms with Gasteiger partial charge in [-0.15, -0.1) is 0 Å². The minimum Gasteiger partial charge on any atom is -0.339 e. The predicted molar refractivity (Wildman–Crippen MR) is 108 cm³/mol. The summed E-state index contributed by atoms with van der Waals surface area (Å²) in [5.41, 5.74) is 3.68. The highest BCUT2D eigenvalue weighted by molar-refractivity contribution is 7.92. The molecule has 5 nitrogen and oxygen atoms in total. The second-order valence-electron chi connectivity index (χ2n) is 7.04. The zero-order chi connectivity index (χ0) is 19.6. The van der Waals surface area contributed by atoms with Gasteiger partial charge in [0.05, 0.1) is 10.6 Å². The van der Waals surface area contributed by atoms with E-state index in [0.717, 1.165) is 49.0 Å². The van der Waals surface area contributed by atoms with E-state index in [1.165, 1.54) is 6.07 Å². The number of amides is 1. The summed E-state index contributed by atoms with van der Waals surface area (Å²) >= 11 is 0. The third-order valence-electron chi connectivity index (χ3n) is 5.12. The monoisotopic (exact) mass is 386 g/mol. The number of hydrogen-bond acceptors (Lipinski definition) is 3. The molecule has 144 valence electrons. The van der Waals surface area contributed by atoms with Crippen molar-refractivity contribution in [3.63, 3.8) is 0 Å². The zero-order valence-electron chi connectivity index (χ0n) is 16.1. The van der Waals surface area contributed by atoms with Gasteiger partial charge < -0.3 is 4.90 Å². The predicted octanol–water partition coefficient (Wildman–Crippen LogP) is 3.90. The van der Waals surface area contributed by atoms with E-state index in [9.17, 15) is 13.2 Å². The van der Waals surface area contributed by atoms with Gasteiger partial charge in [0.15, 0.2) is 0 Å². The molecule has 2 aromatic carbocycles. The van der Waals surface area contributed by atoms with Crippen LogP contribution in [0.25, 0.3) is 0 Å². The summed E-state index contributed by atoms with van der Waals surface area (Å²) < 4.78 is 28.7. The van der Waals surface area contributed by atoms with Crippen molar-refractivity contribution in [1.29, 1.82) is 0 Å². The summed E-state index contributed by atoms with van der Waals surface area (Å²) in [4.78, 5) is 14.7. The van der Waals surface area contributed by atoms with E-state index in [4.69, 9.17) is 0 Å². The van der Waals surface area contributed by atoms with Gasteiger partial charge in [-0.25, -0.2) is 8.42 Å². The van der Waals surface area contributed by atoms with Gasteiger partial charge in [0.25, 0.3) is 15.9 Å². The van der Waals surface area contributed by atoms with Crippen LogP contribution in [-0.4, -0.2) is 32.3 Å². The van der Waals surface area contributed by atoms with E-state index in [0.29, 0.717) is 11.3 Å². The molecule has 1 saturated heterocycles. The van der Waals surface area contributed by atoms with Gasteiger partial charge in [-0.2, -0.15) is 0 Å². The topological polar surface area (TPSA) is 66.5 Å². The standard InChI is InChI=1S/C21H26N2O3S/c1-4-17-9-7-8-16(3)20(17)22-27(25,26)18-11-10-15(2)19(14-18)21(24)23-12-5-6-13-23/h7-11,14,22H,4-6,12-13H2,1-3H3. The molecule has 1 fully saturated rings. The van der Waals surface area contributed by atoms with Gasteiger partial charge in [0, 0.05) is 18.7 Å². The van der Waals surface area contributed by atoms with Crippen molar-refractivity contribution in [1.82, 2.24) is 4.90 Å². The molecule has 0 bridgehead atoms. The fourth-order valence-electron chi connectivity index (χ4n) is 3.45. The van der Waals surface area contributed by atoms with Crippen molar-refractivity contribution in [2.45, 2.75) is 44.9 Å². The van der Waals surface area contributed by atoms with Crippen molar-refractivity contribution in [2.75, 3.05) is 17.8 Å². The molecule has 1 heterocycles. The number of carbonyl (C=O) groups is 1. The van der Waals surface area contributed by atoms with Crippen LogP contribution in [0, 0.1) is 13.8 Å². The molecular formula is C21H26N2O3S. The smallest absolute Gasteiger partial charge is 0.261 e. The molecule has 0 atom stereocenters. The highest BCUT2D eigenvalue weighted by Crippen LogP contribution is 2.26. The van der Waals surface area contributed by atoms with Gasteiger partial charge in [0.2, 0.25) is 0 Å². The first-order valence-electron chi connectivity index (χ1n) is 9.34. The van der Waals surface area contributed by atoms with E-state index in [1.807, 2.05) is 39.0 Å². The third-order valence-corrected chi connectivity index (χ3v) is 6.47. The Kier molecular flexibility index (Phi) is 5.56. The van der Waals surface area contributed by atoms with Crippen molar-refractivity contribution in [2.24, 2.45) is 0 Å². The van der Waals surface area contributed by atoms with Crippen LogP contribution in [0.2, 0.25) is 0 Å². The maximum absolute atomic E-state index is 13.0. The van der Waals surface area contributed by atoms with Gasteiger partial charge >= 0.3 is 0 Å². The van der Waals surface area contributed by atoms with E-state index in [2.05, 4.69) is 4.72 Å². The van der Waals surface area contributed by atoms with E-state index in [1.54, 1.807) is 17.0 Å². The van der Waals surface area contributed by atoms with Crippen LogP contribution < -0.4 is 4.72 Å². The lowest BCUT2D eigenvalue weighted by Gasteiger charge is -2.18. The average molecular weight is 387 g/mol. The Hall–Kier alpha value is -2.34. The van der Waals surface area contributed by atoms with Gasteiger partial charge in [-0.05, 0) is 61.9 Å². The maximum Gasteiger partial charge on any atom is 0.261 e. The maximum atomic E-state index is 13.0. The first-order chi connectivity index (χ1) is 12.8. The minimum absolute atomic E-state index is 0.0906. The molecular weight excluding hydrogens is 360 g/mol. The lowest BCUT2D eigenvalue weighted by Crippen LogP contribution is -2.28. The molecule has 0 spiro atoms.